The first kappa shape index (κ1) is 13.0. The van der Waals surface area contributed by atoms with Crippen LogP contribution in [-0.2, 0) is 0 Å². The summed E-state index contributed by atoms with van der Waals surface area (Å²) in [5, 5.41) is 4.11. The molecule has 0 aliphatic heterocycles. The Hall–Kier alpha value is -1.46. The number of aryl methyl sites for hydroxylation is 3. The van der Waals surface area contributed by atoms with Crippen molar-refractivity contribution in [3.8, 4) is 0 Å². The number of hydrogen-bond donors (Lipinski definition) is 1. The van der Waals surface area contributed by atoms with Gasteiger partial charge >= 0.3 is 0 Å². The molecule has 0 fully saturated rings. The zero-order valence-corrected chi connectivity index (χ0v) is 11.8. The molecule has 94 valence electrons. The van der Waals surface area contributed by atoms with Gasteiger partial charge in [0.15, 0.2) is 0 Å². The van der Waals surface area contributed by atoms with Crippen LogP contribution >= 0.6 is 22.9 Å². The molecule has 2 heterocycles. The van der Waals surface area contributed by atoms with Crippen LogP contribution in [0.15, 0.2) is 12.3 Å². The van der Waals surface area contributed by atoms with Gasteiger partial charge in [0.2, 0.25) is 0 Å². The number of carbonyl (C=O) groups is 1. The first-order chi connectivity index (χ1) is 8.49. The highest BCUT2D eigenvalue weighted by molar-refractivity contribution is 7.13. The maximum atomic E-state index is 12.1. The fraction of sp³-hybridized carbons (Fsp3) is 0.250. The normalized spacial score (nSPS) is 10.4. The van der Waals surface area contributed by atoms with Gasteiger partial charge in [-0.15, -0.1) is 11.3 Å². The van der Waals surface area contributed by atoms with Gasteiger partial charge < -0.3 is 5.32 Å². The van der Waals surface area contributed by atoms with Crippen LogP contribution in [0.5, 0.6) is 0 Å². The Labute approximate surface area is 114 Å². The molecule has 0 saturated carbocycles. The summed E-state index contributed by atoms with van der Waals surface area (Å²) in [7, 11) is 0. The van der Waals surface area contributed by atoms with Gasteiger partial charge in [-0.25, -0.2) is 4.98 Å². The summed E-state index contributed by atoms with van der Waals surface area (Å²) < 4.78 is 0. The van der Waals surface area contributed by atoms with Crippen molar-refractivity contribution < 1.29 is 4.79 Å². The molecule has 0 aliphatic carbocycles. The molecule has 0 radical (unpaired) electrons. The molecular weight excluding hydrogens is 270 g/mol. The second-order valence-electron chi connectivity index (χ2n) is 3.86. The Morgan fingerprint density at radius 1 is 1.33 bits per heavy atom. The number of pyridine rings is 1. The lowest BCUT2D eigenvalue weighted by Gasteiger charge is -2.07. The van der Waals surface area contributed by atoms with Crippen LogP contribution < -0.4 is 5.32 Å². The molecule has 1 N–H and O–H groups in total. The van der Waals surface area contributed by atoms with E-state index >= 15 is 0 Å². The van der Waals surface area contributed by atoms with E-state index in [0.29, 0.717) is 21.3 Å². The van der Waals surface area contributed by atoms with E-state index in [1.54, 1.807) is 19.2 Å². The van der Waals surface area contributed by atoms with Crippen LogP contribution in [0.25, 0.3) is 0 Å². The fourth-order valence-corrected chi connectivity index (χ4v) is 2.54. The molecule has 0 bridgehead atoms. The molecule has 0 atom stereocenters. The van der Waals surface area contributed by atoms with Crippen LogP contribution in [0.3, 0.4) is 0 Å². The van der Waals surface area contributed by atoms with Crippen molar-refractivity contribution in [2.24, 2.45) is 0 Å². The molecular formula is C12H12ClN3OS. The molecule has 0 aliphatic rings. The average Bonchev–Trinajstić information content (AvgIpc) is 2.64. The lowest BCUT2D eigenvalue weighted by molar-refractivity contribution is 0.103. The van der Waals surface area contributed by atoms with E-state index in [9.17, 15) is 4.79 Å². The van der Waals surface area contributed by atoms with Gasteiger partial charge in [0.1, 0.15) is 4.88 Å². The number of hydrogen-bond acceptors (Lipinski definition) is 4. The van der Waals surface area contributed by atoms with Gasteiger partial charge in [0.05, 0.1) is 27.1 Å². The lowest BCUT2D eigenvalue weighted by Crippen LogP contribution is -2.12. The summed E-state index contributed by atoms with van der Waals surface area (Å²) in [6.45, 7) is 5.48. The Morgan fingerprint density at radius 2 is 2.06 bits per heavy atom. The third kappa shape index (κ3) is 2.52. The average molecular weight is 282 g/mol. The molecule has 4 nitrogen and oxygen atoms in total. The Morgan fingerprint density at radius 3 is 2.67 bits per heavy atom. The second kappa shape index (κ2) is 5.04. The SMILES string of the molecule is Cc1nc(C)c(C(=O)Nc2ccnc(C)c2Cl)s1. The maximum Gasteiger partial charge on any atom is 0.267 e. The van der Waals surface area contributed by atoms with Gasteiger partial charge in [-0.3, -0.25) is 9.78 Å². The second-order valence-corrected chi connectivity index (χ2v) is 5.44. The van der Waals surface area contributed by atoms with E-state index in [4.69, 9.17) is 11.6 Å². The number of aromatic nitrogens is 2. The number of amides is 1. The highest BCUT2D eigenvalue weighted by Gasteiger charge is 2.15. The fourth-order valence-electron chi connectivity index (χ4n) is 1.57. The molecule has 2 aromatic rings. The van der Waals surface area contributed by atoms with Gasteiger partial charge in [-0.1, -0.05) is 11.6 Å². The Balaban J connectivity index is 2.27. The lowest BCUT2D eigenvalue weighted by atomic mass is 10.3. The third-order valence-electron chi connectivity index (χ3n) is 2.42. The Kier molecular flexibility index (Phi) is 3.63. The van der Waals surface area contributed by atoms with Crippen molar-refractivity contribution in [2.45, 2.75) is 20.8 Å². The third-order valence-corrected chi connectivity index (χ3v) is 3.97. The predicted molar refractivity (Wildman–Crippen MR) is 73.5 cm³/mol. The van der Waals surface area contributed by atoms with Gasteiger partial charge in [-0.05, 0) is 26.8 Å². The molecule has 2 aromatic heterocycles. The summed E-state index contributed by atoms with van der Waals surface area (Å²) in [5.74, 6) is -0.189. The summed E-state index contributed by atoms with van der Waals surface area (Å²) in [4.78, 5) is 21.0. The smallest absolute Gasteiger partial charge is 0.267 e. The van der Waals surface area contributed by atoms with Crippen molar-refractivity contribution in [3.05, 3.63) is 38.6 Å². The summed E-state index contributed by atoms with van der Waals surface area (Å²) in [5.41, 5.74) is 1.99. The van der Waals surface area contributed by atoms with E-state index in [1.165, 1.54) is 11.3 Å². The minimum atomic E-state index is -0.189. The van der Waals surface area contributed by atoms with Crippen molar-refractivity contribution in [1.82, 2.24) is 9.97 Å². The zero-order chi connectivity index (χ0) is 13.3. The zero-order valence-electron chi connectivity index (χ0n) is 10.2. The first-order valence-electron chi connectivity index (χ1n) is 5.35. The van der Waals surface area contributed by atoms with Gasteiger partial charge in [0, 0.05) is 6.20 Å². The first-order valence-corrected chi connectivity index (χ1v) is 6.55. The van der Waals surface area contributed by atoms with E-state index in [-0.39, 0.29) is 5.91 Å². The molecule has 18 heavy (non-hydrogen) atoms. The summed E-state index contributed by atoms with van der Waals surface area (Å²) >= 11 is 7.45. The molecule has 0 saturated heterocycles. The topological polar surface area (TPSA) is 54.9 Å². The standard InChI is InChI=1S/C12H12ClN3OS/c1-6-10(13)9(4-5-14-6)16-12(17)11-7(2)15-8(3)18-11/h4-5H,1-3H3,(H,14,16,17). The largest absolute Gasteiger partial charge is 0.320 e. The van der Waals surface area contributed by atoms with Crippen molar-refractivity contribution in [3.63, 3.8) is 0 Å². The van der Waals surface area contributed by atoms with Crippen molar-refractivity contribution >= 4 is 34.5 Å². The molecule has 0 aromatic carbocycles. The van der Waals surface area contributed by atoms with Crippen LogP contribution in [0.1, 0.15) is 26.1 Å². The predicted octanol–water partition coefficient (Wildman–Crippen LogP) is 3.37. The molecule has 0 spiro atoms. The molecule has 2 rings (SSSR count). The van der Waals surface area contributed by atoms with Crippen molar-refractivity contribution in [1.29, 1.82) is 0 Å². The number of nitrogens with zero attached hydrogens (tertiary/aromatic N) is 2. The van der Waals surface area contributed by atoms with Crippen molar-refractivity contribution in [2.75, 3.05) is 5.32 Å². The summed E-state index contributed by atoms with van der Waals surface area (Å²) in [6, 6.07) is 1.68. The Bertz CT molecular complexity index is 609. The molecule has 6 heteroatoms. The van der Waals surface area contributed by atoms with Gasteiger partial charge in [-0.2, -0.15) is 0 Å². The summed E-state index contributed by atoms with van der Waals surface area (Å²) in [6.07, 6.45) is 1.61. The van der Waals surface area contributed by atoms with Crippen LogP contribution in [0.2, 0.25) is 5.02 Å². The number of halogens is 1. The number of thiazole rings is 1. The van der Waals surface area contributed by atoms with Gasteiger partial charge in [0.25, 0.3) is 5.91 Å². The van der Waals surface area contributed by atoms with E-state index in [0.717, 1.165) is 10.7 Å². The van der Waals surface area contributed by atoms with E-state index < -0.39 is 0 Å². The molecule has 0 unspecified atom stereocenters. The highest BCUT2D eigenvalue weighted by atomic mass is 35.5. The maximum absolute atomic E-state index is 12.1. The minimum Gasteiger partial charge on any atom is -0.320 e. The van der Waals surface area contributed by atoms with Crippen LogP contribution in [0.4, 0.5) is 5.69 Å². The number of anilines is 1. The van der Waals surface area contributed by atoms with Crippen LogP contribution in [-0.4, -0.2) is 15.9 Å². The monoisotopic (exact) mass is 281 g/mol. The van der Waals surface area contributed by atoms with E-state index in [1.807, 2.05) is 13.8 Å². The molecule has 1 amide bonds. The van der Waals surface area contributed by atoms with Crippen LogP contribution in [0, 0.1) is 20.8 Å². The number of nitrogens with one attached hydrogen (secondary N) is 1. The highest BCUT2D eigenvalue weighted by Crippen LogP contribution is 2.25. The number of carbonyl (C=O) groups excluding carboxylic acids is 1. The number of rotatable bonds is 2. The quantitative estimate of drug-likeness (QED) is 0.918. The van der Waals surface area contributed by atoms with E-state index in [2.05, 4.69) is 15.3 Å². The minimum absolute atomic E-state index is 0.189.